The van der Waals surface area contributed by atoms with Gasteiger partial charge in [-0.15, -0.1) is 0 Å². The molecule has 0 fully saturated rings. The predicted octanol–water partition coefficient (Wildman–Crippen LogP) is 1.75. The fourth-order valence-electron chi connectivity index (χ4n) is 1.61. The van der Waals surface area contributed by atoms with Gasteiger partial charge in [0.25, 0.3) is 0 Å². The van der Waals surface area contributed by atoms with Crippen LogP contribution in [0.3, 0.4) is 0 Å². The largest absolute Gasteiger partial charge is 0.481 e. The Morgan fingerprint density at radius 3 is 2.88 bits per heavy atom. The Kier molecular flexibility index (Phi) is 4.55. The normalized spacial score (nSPS) is 11.6. The first-order chi connectivity index (χ1) is 7.52. The second-order valence-corrected chi connectivity index (χ2v) is 4.66. The van der Waals surface area contributed by atoms with Crippen LogP contribution in [0.25, 0.3) is 0 Å². The minimum absolute atomic E-state index is 0.0726. The van der Waals surface area contributed by atoms with E-state index >= 15 is 0 Å². The standard InChI is InChI=1S/C12H20N2O2/c1-12(2,10-5-7-13-8-10)9-14-6-3-4-11(15)16/h5,7-8,13-14H,3-4,6,9H2,1-2H3,(H,15,16). The molecule has 0 radical (unpaired) electrons. The molecular weight excluding hydrogens is 204 g/mol. The molecule has 0 spiro atoms. The zero-order valence-corrected chi connectivity index (χ0v) is 9.92. The number of hydrogen-bond acceptors (Lipinski definition) is 2. The van der Waals surface area contributed by atoms with E-state index in [0.29, 0.717) is 6.42 Å². The van der Waals surface area contributed by atoms with Crippen molar-refractivity contribution < 1.29 is 9.90 Å². The molecule has 0 saturated heterocycles. The van der Waals surface area contributed by atoms with Gasteiger partial charge in [0, 0.05) is 30.8 Å². The molecule has 0 atom stereocenters. The van der Waals surface area contributed by atoms with E-state index in [1.165, 1.54) is 5.56 Å². The van der Waals surface area contributed by atoms with Crippen molar-refractivity contribution in [2.45, 2.75) is 32.1 Å². The van der Waals surface area contributed by atoms with E-state index in [1.54, 1.807) is 0 Å². The van der Waals surface area contributed by atoms with E-state index in [0.717, 1.165) is 13.1 Å². The molecular formula is C12H20N2O2. The number of carbonyl (C=O) groups is 1. The third-order valence-corrected chi connectivity index (χ3v) is 2.69. The van der Waals surface area contributed by atoms with Gasteiger partial charge in [0.1, 0.15) is 0 Å². The monoisotopic (exact) mass is 224 g/mol. The number of aromatic nitrogens is 1. The molecule has 0 bridgehead atoms. The first-order valence-electron chi connectivity index (χ1n) is 5.58. The molecule has 1 aromatic rings. The maximum atomic E-state index is 10.3. The Hall–Kier alpha value is -1.29. The Labute approximate surface area is 96.1 Å². The lowest BCUT2D eigenvalue weighted by Crippen LogP contribution is -2.33. The average molecular weight is 224 g/mol. The van der Waals surface area contributed by atoms with E-state index in [-0.39, 0.29) is 11.8 Å². The molecule has 0 aliphatic carbocycles. The maximum absolute atomic E-state index is 10.3. The van der Waals surface area contributed by atoms with Gasteiger partial charge in [-0.25, -0.2) is 0 Å². The van der Waals surface area contributed by atoms with E-state index in [4.69, 9.17) is 5.11 Å². The Morgan fingerprint density at radius 1 is 1.56 bits per heavy atom. The van der Waals surface area contributed by atoms with Gasteiger partial charge < -0.3 is 15.4 Å². The van der Waals surface area contributed by atoms with Crippen molar-refractivity contribution in [1.82, 2.24) is 10.3 Å². The van der Waals surface area contributed by atoms with Crippen LogP contribution in [0, 0.1) is 0 Å². The minimum atomic E-state index is -0.730. The first kappa shape index (κ1) is 12.8. The van der Waals surface area contributed by atoms with Crippen LogP contribution in [-0.4, -0.2) is 29.1 Å². The van der Waals surface area contributed by atoms with Crippen LogP contribution in [0.4, 0.5) is 0 Å². The molecule has 90 valence electrons. The topological polar surface area (TPSA) is 65.1 Å². The summed E-state index contributed by atoms with van der Waals surface area (Å²) in [6.45, 7) is 5.94. The predicted molar refractivity (Wildman–Crippen MR) is 63.6 cm³/mol. The summed E-state index contributed by atoms with van der Waals surface area (Å²) in [5.74, 6) is -0.730. The van der Waals surface area contributed by atoms with Crippen LogP contribution in [0.2, 0.25) is 0 Å². The summed E-state index contributed by atoms with van der Waals surface area (Å²) in [7, 11) is 0. The van der Waals surface area contributed by atoms with Crippen molar-refractivity contribution in [3.05, 3.63) is 24.0 Å². The van der Waals surface area contributed by atoms with Gasteiger partial charge in [-0.2, -0.15) is 0 Å². The van der Waals surface area contributed by atoms with Crippen LogP contribution in [0.1, 0.15) is 32.3 Å². The zero-order valence-electron chi connectivity index (χ0n) is 9.92. The number of hydrogen-bond donors (Lipinski definition) is 3. The zero-order chi connectivity index (χ0) is 12.0. The number of carboxylic acid groups (broad SMARTS) is 1. The highest BCUT2D eigenvalue weighted by Gasteiger charge is 2.19. The molecule has 0 amide bonds. The number of carboxylic acids is 1. The molecule has 4 nitrogen and oxygen atoms in total. The quantitative estimate of drug-likeness (QED) is 0.618. The minimum Gasteiger partial charge on any atom is -0.481 e. The summed E-state index contributed by atoms with van der Waals surface area (Å²) in [4.78, 5) is 13.4. The third kappa shape index (κ3) is 4.06. The van der Waals surface area contributed by atoms with Gasteiger partial charge in [0.05, 0.1) is 0 Å². The van der Waals surface area contributed by atoms with E-state index in [9.17, 15) is 4.79 Å². The number of rotatable bonds is 7. The molecule has 0 aromatic carbocycles. The number of aliphatic carboxylic acids is 1. The van der Waals surface area contributed by atoms with Crippen molar-refractivity contribution in [1.29, 1.82) is 0 Å². The Balaban J connectivity index is 2.24. The third-order valence-electron chi connectivity index (χ3n) is 2.69. The van der Waals surface area contributed by atoms with E-state index in [1.807, 2.05) is 12.4 Å². The molecule has 1 rings (SSSR count). The number of H-pyrrole nitrogens is 1. The van der Waals surface area contributed by atoms with Crippen molar-refractivity contribution in [2.24, 2.45) is 0 Å². The second-order valence-electron chi connectivity index (χ2n) is 4.66. The molecule has 0 unspecified atom stereocenters. The van der Waals surface area contributed by atoms with E-state index < -0.39 is 5.97 Å². The summed E-state index contributed by atoms with van der Waals surface area (Å²) in [5, 5.41) is 11.8. The van der Waals surface area contributed by atoms with Gasteiger partial charge in [-0.3, -0.25) is 4.79 Å². The Bertz CT molecular complexity index is 318. The maximum Gasteiger partial charge on any atom is 0.303 e. The van der Waals surface area contributed by atoms with Gasteiger partial charge in [0.2, 0.25) is 0 Å². The molecule has 1 heterocycles. The second kappa shape index (κ2) is 5.70. The summed E-state index contributed by atoms with van der Waals surface area (Å²) in [6.07, 6.45) is 4.83. The fraction of sp³-hybridized carbons (Fsp3) is 0.583. The molecule has 0 aliphatic rings. The van der Waals surface area contributed by atoms with Gasteiger partial charge in [0.15, 0.2) is 0 Å². The molecule has 16 heavy (non-hydrogen) atoms. The van der Waals surface area contributed by atoms with Crippen LogP contribution in [0.15, 0.2) is 18.5 Å². The van der Waals surface area contributed by atoms with Gasteiger partial charge in [-0.1, -0.05) is 13.8 Å². The Morgan fingerprint density at radius 2 is 2.31 bits per heavy atom. The number of nitrogens with one attached hydrogen (secondary N) is 2. The molecule has 4 heteroatoms. The highest BCUT2D eigenvalue weighted by atomic mass is 16.4. The van der Waals surface area contributed by atoms with Gasteiger partial charge in [-0.05, 0) is 24.6 Å². The fourth-order valence-corrected chi connectivity index (χ4v) is 1.61. The number of aromatic amines is 1. The summed E-state index contributed by atoms with van der Waals surface area (Å²) in [6, 6.07) is 2.07. The molecule has 0 aliphatic heterocycles. The van der Waals surface area contributed by atoms with Gasteiger partial charge >= 0.3 is 5.97 Å². The highest BCUT2D eigenvalue weighted by molar-refractivity contribution is 5.66. The van der Waals surface area contributed by atoms with Crippen LogP contribution in [-0.2, 0) is 10.2 Å². The first-order valence-corrected chi connectivity index (χ1v) is 5.58. The lowest BCUT2D eigenvalue weighted by Gasteiger charge is -2.24. The van der Waals surface area contributed by atoms with Crippen molar-refractivity contribution in [3.8, 4) is 0 Å². The highest BCUT2D eigenvalue weighted by Crippen LogP contribution is 2.21. The SMILES string of the molecule is CC(C)(CNCCCC(=O)O)c1cc[nH]c1. The molecule has 1 aromatic heterocycles. The van der Waals surface area contributed by atoms with E-state index in [2.05, 4.69) is 30.2 Å². The lowest BCUT2D eigenvalue weighted by molar-refractivity contribution is -0.137. The van der Waals surface area contributed by atoms with Crippen LogP contribution >= 0.6 is 0 Å². The molecule has 0 saturated carbocycles. The smallest absolute Gasteiger partial charge is 0.303 e. The van der Waals surface area contributed by atoms with Crippen molar-refractivity contribution >= 4 is 5.97 Å². The average Bonchev–Trinajstić information content (AvgIpc) is 2.69. The van der Waals surface area contributed by atoms with Crippen molar-refractivity contribution in [2.75, 3.05) is 13.1 Å². The summed E-state index contributed by atoms with van der Waals surface area (Å²) >= 11 is 0. The van der Waals surface area contributed by atoms with Crippen molar-refractivity contribution in [3.63, 3.8) is 0 Å². The summed E-state index contributed by atoms with van der Waals surface area (Å²) < 4.78 is 0. The lowest BCUT2D eigenvalue weighted by atomic mass is 9.86. The molecule has 3 N–H and O–H groups in total. The van der Waals surface area contributed by atoms with Crippen LogP contribution < -0.4 is 5.32 Å². The summed E-state index contributed by atoms with van der Waals surface area (Å²) in [5.41, 5.74) is 1.33. The van der Waals surface area contributed by atoms with Crippen LogP contribution in [0.5, 0.6) is 0 Å².